The van der Waals surface area contributed by atoms with Gasteiger partial charge in [-0.2, -0.15) is 0 Å². The average molecular weight is 511 g/mol. The predicted molar refractivity (Wildman–Crippen MR) is 135 cm³/mol. The van der Waals surface area contributed by atoms with Gasteiger partial charge < -0.3 is 5.11 Å². The summed E-state index contributed by atoms with van der Waals surface area (Å²) in [6.07, 6.45) is 3.66. The van der Waals surface area contributed by atoms with Crippen molar-refractivity contribution in [1.29, 1.82) is 0 Å². The number of allylic oxidation sites excluding steroid dienone is 6. The molecule has 1 fully saturated rings. The molecule has 4 aliphatic rings. The third-order valence-corrected chi connectivity index (χ3v) is 8.09. The Hall–Kier alpha value is -4.66. The van der Waals surface area contributed by atoms with Gasteiger partial charge in [-0.1, -0.05) is 29.8 Å². The van der Waals surface area contributed by atoms with Crippen LogP contribution in [-0.4, -0.2) is 33.4 Å². The highest BCUT2D eigenvalue weighted by Gasteiger charge is 2.56. The first-order valence-corrected chi connectivity index (χ1v) is 12.3. The van der Waals surface area contributed by atoms with Crippen LogP contribution in [0.4, 0.5) is 11.4 Å². The quantitative estimate of drug-likeness (QED) is 0.217. The number of nitrogens with zero attached hydrogens (tertiary/aromatic N) is 2. The first kappa shape index (κ1) is 23.7. The van der Waals surface area contributed by atoms with Crippen LogP contribution in [0.5, 0.6) is 5.75 Å². The smallest absolute Gasteiger partial charge is 0.271 e. The molecule has 4 atom stereocenters. The number of fused-ring (bicyclic) bond motifs is 3. The van der Waals surface area contributed by atoms with Gasteiger partial charge in [-0.05, 0) is 55.5 Å². The molecule has 0 unspecified atom stereocenters. The molecule has 1 aliphatic heterocycles. The topological polar surface area (TPSA) is 135 Å². The Morgan fingerprint density at radius 2 is 1.74 bits per heavy atom. The first-order valence-electron chi connectivity index (χ1n) is 12.3. The number of Topliss-reactive ketones (excluding diaryl/α,β-unsaturated/α-hetero) is 1. The first-order chi connectivity index (χ1) is 18.2. The lowest BCUT2D eigenvalue weighted by Gasteiger charge is -2.42. The SMILES string of the molecule is CC1=CC(=O)C2=C(C[C@@H]3C(=CC[C@@H]4C(=O)N(c5cccc([N+](=O)[O-])c5)C(=O)[C@@H]43)[C@@H]2c2ccc(O)cc2)C1=O. The number of anilines is 1. The van der Waals surface area contributed by atoms with Crippen LogP contribution >= 0.6 is 0 Å². The van der Waals surface area contributed by atoms with Gasteiger partial charge in [0.25, 0.3) is 5.69 Å². The molecule has 6 rings (SSSR count). The summed E-state index contributed by atoms with van der Waals surface area (Å²) in [5.74, 6) is -3.91. The maximum atomic E-state index is 13.8. The minimum atomic E-state index is -0.774. The fourth-order valence-corrected chi connectivity index (χ4v) is 6.43. The van der Waals surface area contributed by atoms with Crippen molar-refractivity contribution in [3.05, 3.63) is 98.7 Å². The lowest BCUT2D eigenvalue weighted by Crippen LogP contribution is -2.39. The largest absolute Gasteiger partial charge is 0.508 e. The fourth-order valence-electron chi connectivity index (χ4n) is 6.43. The molecule has 0 radical (unpaired) electrons. The molecule has 1 heterocycles. The van der Waals surface area contributed by atoms with Gasteiger partial charge in [0.05, 0.1) is 22.4 Å². The van der Waals surface area contributed by atoms with Gasteiger partial charge in [-0.25, -0.2) is 4.90 Å². The van der Waals surface area contributed by atoms with Gasteiger partial charge in [0, 0.05) is 34.8 Å². The summed E-state index contributed by atoms with van der Waals surface area (Å²) >= 11 is 0. The number of hydrogen-bond acceptors (Lipinski definition) is 7. The molecule has 3 aliphatic carbocycles. The van der Waals surface area contributed by atoms with Crippen molar-refractivity contribution in [2.45, 2.75) is 25.7 Å². The van der Waals surface area contributed by atoms with E-state index >= 15 is 0 Å². The van der Waals surface area contributed by atoms with E-state index in [2.05, 4.69) is 0 Å². The monoisotopic (exact) mass is 510 g/mol. The predicted octanol–water partition coefficient (Wildman–Crippen LogP) is 3.93. The van der Waals surface area contributed by atoms with Crippen LogP contribution in [0.1, 0.15) is 31.2 Å². The zero-order valence-electron chi connectivity index (χ0n) is 20.3. The zero-order chi connectivity index (χ0) is 26.9. The molecule has 0 saturated carbocycles. The second-order valence-electron chi connectivity index (χ2n) is 10.1. The molecule has 0 bridgehead atoms. The standard InChI is InChI=1S/C29H22N2O7/c1-14-11-23(33)26-22(27(14)34)13-21-19(24(26)15-5-7-18(32)8-6-15)9-10-20-25(21)29(36)30(28(20)35)16-3-2-4-17(12-16)31(37)38/h2-9,11-12,20-21,24-25,32H,10,13H2,1H3/t20-,21+,24-,25-/m0/s1. The lowest BCUT2D eigenvalue weighted by atomic mass is 9.59. The minimum absolute atomic E-state index is 0.0546. The van der Waals surface area contributed by atoms with E-state index < -0.39 is 40.4 Å². The van der Waals surface area contributed by atoms with Crippen LogP contribution in [0.2, 0.25) is 0 Å². The van der Waals surface area contributed by atoms with Gasteiger partial charge >= 0.3 is 0 Å². The van der Waals surface area contributed by atoms with Gasteiger partial charge in [0.2, 0.25) is 11.8 Å². The number of amides is 2. The average Bonchev–Trinajstić information content (AvgIpc) is 3.16. The summed E-state index contributed by atoms with van der Waals surface area (Å²) in [6.45, 7) is 1.59. The van der Waals surface area contributed by atoms with Crippen molar-refractivity contribution in [3.63, 3.8) is 0 Å². The number of nitro benzene ring substituents is 1. The van der Waals surface area contributed by atoms with Crippen LogP contribution in [-0.2, 0) is 19.2 Å². The van der Waals surface area contributed by atoms with E-state index in [0.717, 1.165) is 10.5 Å². The van der Waals surface area contributed by atoms with E-state index in [1.54, 1.807) is 19.1 Å². The molecule has 38 heavy (non-hydrogen) atoms. The number of non-ortho nitro benzene ring substituents is 1. The van der Waals surface area contributed by atoms with Crippen molar-refractivity contribution in [2.24, 2.45) is 17.8 Å². The molecule has 2 aromatic carbocycles. The summed E-state index contributed by atoms with van der Waals surface area (Å²) in [5, 5.41) is 21.1. The van der Waals surface area contributed by atoms with Gasteiger partial charge in [0.1, 0.15) is 5.75 Å². The highest BCUT2D eigenvalue weighted by Crippen LogP contribution is 2.55. The number of ketones is 2. The Kier molecular flexibility index (Phi) is 5.27. The van der Waals surface area contributed by atoms with Crippen molar-refractivity contribution in [3.8, 4) is 5.75 Å². The van der Waals surface area contributed by atoms with Crippen molar-refractivity contribution < 1.29 is 29.2 Å². The molecule has 1 saturated heterocycles. The normalized spacial score (nSPS) is 26.5. The molecule has 190 valence electrons. The number of phenolic OH excluding ortho intramolecular Hbond substituents is 1. The molecule has 9 nitrogen and oxygen atoms in total. The molecule has 0 spiro atoms. The second-order valence-corrected chi connectivity index (χ2v) is 10.1. The number of phenols is 1. The number of carbonyl (C=O) groups is 4. The maximum Gasteiger partial charge on any atom is 0.271 e. The van der Waals surface area contributed by atoms with Crippen molar-refractivity contribution in [2.75, 3.05) is 4.90 Å². The Morgan fingerprint density at radius 1 is 1.00 bits per heavy atom. The minimum Gasteiger partial charge on any atom is -0.508 e. The highest BCUT2D eigenvalue weighted by molar-refractivity contribution is 6.25. The Labute approximate surface area is 216 Å². The number of aromatic hydroxyl groups is 1. The maximum absolute atomic E-state index is 13.8. The second kappa shape index (κ2) is 8.44. The van der Waals surface area contributed by atoms with E-state index in [1.807, 2.05) is 6.08 Å². The number of rotatable bonds is 3. The van der Waals surface area contributed by atoms with E-state index in [1.165, 1.54) is 42.5 Å². The number of nitro groups is 1. The summed E-state index contributed by atoms with van der Waals surface area (Å²) < 4.78 is 0. The number of benzene rings is 2. The third-order valence-electron chi connectivity index (χ3n) is 8.09. The van der Waals surface area contributed by atoms with Crippen molar-refractivity contribution in [1.82, 2.24) is 0 Å². The Balaban J connectivity index is 1.47. The van der Waals surface area contributed by atoms with Crippen LogP contribution in [0.25, 0.3) is 0 Å². The molecule has 1 N–H and O–H groups in total. The van der Waals surface area contributed by atoms with Crippen molar-refractivity contribution >= 4 is 34.8 Å². The van der Waals surface area contributed by atoms with Crippen LogP contribution in [0, 0.1) is 27.9 Å². The van der Waals surface area contributed by atoms with Gasteiger partial charge in [-0.15, -0.1) is 0 Å². The molecule has 2 aromatic rings. The Morgan fingerprint density at radius 3 is 2.45 bits per heavy atom. The van der Waals surface area contributed by atoms with E-state index in [-0.39, 0.29) is 41.5 Å². The van der Waals surface area contributed by atoms with Gasteiger partial charge in [0.15, 0.2) is 11.6 Å². The number of hydrogen-bond donors (Lipinski definition) is 1. The fraction of sp³-hybridized carbons (Fsp3) is 0.241. The highest BCUT2D eigenvalue weighted by atomic mass is 16.6. The Bertz CT molecular complexity index is 1560. The summed E-state index contributed by atoms with van der Waals surface area (Å²) in [5.41, 5.74) is 2.45. The van der Waals surface area contributed by atoms with E-state index in [4.69, 9.17) is 0 Å². The third kappa shape index (κ3) is 3.38. The van der Waals surface area contributed by atoms with Crippen LogP contribution < -0.4 is 4.90 Å². The molecule has 9 heteroatoms. The summed E-state index contributed by atoms with van der Waals surface area (Å²) in [7, 11) is 0. The van der Waals surface area contributed by atoms with Crippen LogP contribution in [0.15, 0.2) is 83.0 Å². The summed E-state index contributed by atoms with van der Waals surface area (Å²) in [6, 6.07) is 11.8. The zero-order valence-corrected chi connectivity index (χ0v) is 20.3. The van der Waals surface area contributed by atoms with Crippen LogP contribution in [0.3, 0.4) is 0 Å². The lowest BCUT2D eigenvalue weighted by molar-refractivity contribution is -0.384. The van der Waals surface area contributed by atoms with E-state index in [0.29, 0.717) is 22.3 Å². The molecular formula is C29H22N2O7. The van der Waals surface area contributed by atoms with Gasteiger partial charge in [-0.3, -0.25) is 29.3 Å². The number of imide groups is 1. The molecule has 2 amide bonds. The molecule has 0 aromatic heterocycles. The molecular weight excluding hydrogens is 488 g/mol. The number of carbonyl (C=O) groups excluding carboxylic acids is 4. The summed E-state index contributed by atoms with van der Waals surface area (Å²) in [4.78, 5) is 65.6. The van der Waals surface area contributed by atoms with E-state index in [9.17, 15) is 34.4 Å².